The molecule has 0 amide bonds. The summed E-state index contributed by atoms with van der Waals surface area (Å²) in [4.78, 5) is 4.53. The number of aryl methyl sites for hydroxylation is 1. The van der Waals surface area contributed by atoms with Gasteiger partial charge in [-0.1, -0.05) is 19.9 Å². The molecule has 0 unspecified atom stereocenters. The summed E-state index contributed by atoms with van der Waals surface area (Å²) in [5, 5.41) is 0. The number of aromatic nitrogens is 1. The van der Waals surface area contributed by atoms with Crippen LogP contribution in [-0.2, 0) is 4.74 Å². The zero-order valence-corrected chi connectivity index (χ0v) is 9.45. The smallest absolute Gasteiger partial charge is 0.0548 e. The van der Waals surface area contributed by atoms with Crippen LogP contribution in [0.3, 0.4) is 0 Å². The van der Waals surface area contributed by atoms with Crippen LogP contribution in [0.25, 0.3) is 0 Å². The fraction of sp³-hybridized carbons (Fsp3) is 0.583. The van der Waals surface area contributed by atoms with Gasteiger partial charge in [0.25, 0.3) is 0 Å². The van der Waals surface area contributed by atoms with Gasteiger partial charge in [0.05, 0.1) is 6.61 Å². The van der Waals surface area contributed by atoms with Gasteiger partial charge in [0.1, 0.15) is 0 Å². The number of ether oxygens (including phenoxy) is 1. The van der Waals surface area contributed by atoms with Crippen LogP contribution in [-0.4, -0.2) is 18.7 Å². The summed E-state index contributed by atoms with van der Waals surface area (Å²) >= 11 is 0. The van der Waals surface area contributed by atoms with E-state index in [4.69, 9.17) is 4.74 Å². The van der Waals surface area contributed by atoms with Gasteiger partial charge >= 0.3 is 0 Å². The lowest BCUT2D eigenvalue weighted by atomic mass is 9.93. The molecule has 1 atom stereocenters. The second kappa shape index (κ2) is 5.11. The molecule has 0 saturated carbocycles. The van der Waals surface area contributed by atoms with Crippen molar-refractivity contribution >= 4 is 0 Å². The van der Waals surface area contributed by atoms with E-state index in [0.29, 0.717) is 11.8 Å². The molecular formula is C12H19NO. The van der Waals surface area contributed by atoms with Crippen LogP contribution in [0.1, 0.15) is 31.2 Å². The Labute approximate surface area is 86.3 Å². The van der Waals surface area contributed by atoms with Gasteiger partial charge in [0.15, 0.2) is 0 Å². The largest absolute Gasteiger partial charge is 0.384 e. The van der Waals surface area contributed by atoms with Crippen molar-refractivity contribution in [2.45, 2.75) is 26.7 Å². The van der Waals surface area contributed by atoms with E-state index < -0.39 is 0 Å². The van der Waals surface area contributed by atoms with Crippen molar-refractivity contribution < 1.29 is 4.74 Å². The molecule has 2 nitrogen and oxygen atoms in total. The molecule has 14 heavy (non-hydrogen) atoms. The lowest BCUT2D eigenvalue weighted by Crippen LogP contribution is -2.14. The Bertz CT molecular complexity index is 283. The Balaban J connectivity index is 2.87. The number of pyridine rings is 1. The number of nitrogens with zero attached hydrogens (tertiary/aromatic N) is 1. The van der Waals surface area contributed by atoms with Gasteiger partial charge in [0.2, 0.25) is 0 Å². The van der Waals surface area contributed by atoms with E-state index in [0.717, 1.165) is 18.0 Å². The monoisotopic (exact) mass is 193 g/mol. The summed E-state index contributed by atoms with van der Waals surface area (Å²) in [6.45, 7) is 7.17. The molecule has 0 aliphatic heterocycles. The van der Waals surface area contributed by atoms with Gasteiger partial charge in [-0.25, -0.2) is 0 Å². The molecule has 0 aliphatic carbocycles. The molecule has 1 heterocycles. The van der Waals surface area contributed by atoms with Gasteiger partial charge in [-0.2, -0.15) is 0 Å². The lowest BCUT2D eigenvalue weighted by molar-refractivity contribution is 0.161. The highest BCUT2D eigenvalue weighted by Crippen LogP contribution is 2.22. The van der Waals surface area contributed by atoms with Crippen LogP contribution >= 0.6 is 0 Å². The van der Waals surface area contributed by atoms with E-state index in [1.165, 1.54) is 0 Å². The topological polar surface area (TPSA) is 22.1 Å². The molecule has 1 rings (SSSR count). The van der Waals surface area contributed by atoms with E-state index in [1.807, 2.05) is 13.0 Å². The first kappa shape index (κ1) is 11.2. The Morgan fingerprint density at radius 2 is 2.07 bits per heavy atom. The van der Waals surface area contributed by atoms with Crippen LogP contribution < -0.4 is 0 Å². The van der Waals surface area contributed by atoms with Crippen molar-refractivity contribution in [3.05, 3.63) is 29.6 Å². The summed E-state index contributed by atoms with van der Waals surface area (Å²) in [7, 11) is 1.74. The zero-order valence-electron chi connectivity index (χ0n) is 9.45. The Kier molecular flexibility index (Phi) is 4.08. The van der Waals surface area contributed by atoms with Crippen molar-refractivity contribution in [2.24, 2.45) is 5.92 Å². The molecule has 1 aromatic heterocycles. The highest BCUT2D eigenvalue weighted by atomic mass is 16.5. The van der Waals surface area contributed by atoms with Crippen molar-refractivity contribution in [2.75, 3.05) is 13.7 Å². The van der Waals surface area contributed by atoms with E-state index in [9.17, 15) is 0 Å². The molecule has 0 spiro atoms. The van der Waals surface area contributed by atoms with Gasteiger partial charge in [-0.15, -0.1) is 0 Å². The highest BCUT2D eigenvalue weighted by molar-refractivity contribution is 5.14. The average molecular weight is 193 g/mol. The number of hydrogen-bond acceptors (Lipinski definition) is 2. The average Bonchev–Trinajstić information content (AvgIpc) is 2.13. The maximum absolute atomic E-state index is 5.22. The molecule has 0 saturated heterocycles. The van der Waals surface area contributed by atoms with Crippen molar-refractivity contribution in [3.63, 3.8) is 0 Å². The van der Waals surface area contributed by atoms with Crippen LogP contribution in [0.2, 0.25) is 0 Å². The molecule has 0 bridgehead atoms. The fourth-order valence-corrected chi connectivity index (χ4v) is 1.57. The molecule has 2 heteroatoms. The summed E-state index contributed by atoms with van der Waals surface area (Å²) < 4.78 is 5.22. The second-order valence-electron chi connectivity index (χ2n) is 4.01. The number of rotatable bonds is 4. The van der Waals surface area contributed by atoms with Gasteiger partial charge < -0.3 is 4.74 Å². The minimum atomic E-state index is 0.403. The minimum Gasteiger partial charge on any atom is -0.384 e. The van der Waals surface area contributed by atoms with E-state index in [-0.39, 0.29) is 0 Å². The van der Waals surface area contributed by atoms with Crippen molar-refractivity contribution in [1.29, 1.82) is 0 Å². The van der Waals surface area contributed by atoms with Crippen LogP contribution in [0.15, 0.2) is 18.2 Å². The highest BCUT2D eigenvalue weighted by Gasteiger charge is 2.16. The quantitative estimate of drug-likeness (QED) is 0.733. The normalized spacial score (nSPS) is 13.2. The fourth-order valence-electron chi connectivity index (χ4n) is 1.57. The summed E-state index contributed by atoms with van der Waals surface area (Å²) in [5.74, 6) is 0.962. The van der Waals surface area contributed by atoms with Crippen molar-refractivity contribution in [1.82, 2.24) is 4.98 Å². The standard InChI is InChI=1S/C12H19NO/c1-9(2)11(8-14-4)12-7-5-6-10(3)13-12/h5-7,9,11H,8H2,1-4H3/t11-/m0/s1. The van der Waals surface area contributed by atoms with Crippen LogP contribution in [0.5, 0.6) is 0 Å². The van der Waals surface area contributed by atoms with Gasteiger partial charge in [-0.05, 0) is 25.0 Å². The molecule has 0 aliphatic rings. The summed E-state index contributed by atoms with van der Waals surface area (Å²) in [6, 6.07) is 6.16. The summed E-state index contributed by atoms with van der Waals surface area (Å²) in [5.41, 5.74) is 2.21. The van der Waals surface area contributed by atoms with E-state index >= 15 is 0 Å². The first-order valence-corrected chi connectivity index (χ1v) is 5.07. The van der Waals surface area contributed by atoms with E-state index in [2.05, 4.69) is 31.0 Å². The maximum Gasteiger partial charge on any atom is 0.0548 e. The Hall–Kier alpha value is -0.890. The third kappa shape index (κ3) is 2.81. The predicted molar refractivity (Wildman–Crippen MR) is 58.4 cm³/mol. The molecule has 0 aromatic carbocycles. The Morgan fingerprint density at radius 3 is 2.57 bits per heavy atom. The van der Waals surface area contributed by atoms with Crippen molar-refractivity contribution in [3.8, 4) is 0 Å². The SMILES string of the molecule is COC[C@H](c1cccc(C)n1)C(C)C. The first-order valence-electron chi connectivity index (χ1n) is 5.07. The number of hydrogen-bond donors (Lipinski definition) is 0. The predicted octanol–water partition coefficient (Wildman–Crippen LogP) is 2.78. The molecule has 0 radical (unpaired) electrons. The third-order valence-corrected chi connectivity index (χ3v) is 2.44. The minimum absolute atomic E-state index is 0.403. The molecule has 1 aromatic rings. The van der Waals surface area contributed by atoms with E-state index in [1.54, 1.807) is 7.11 Å². The second-order valence-corrected chi connectivity index (χ2v) is 4.01. The van der Waals surface area contributed by atoms with Gasteiger partial charge in [-0.3, -0.25) is 4.98 Å². The zero-order chi connectivity index (χ0) is 10.6. The molecule has 0 fully saturated rings. The van der Waals surface area contributed by atoms with Crippen LogP contribution in [0, 0.1) is 12.8 Å². The molecular weight excluding hydrogens is 174 g/mol. The molecule has 0 N–H and O–H groups in total. The lowest BCUT2D eigenvalue weighted by Gasteiger charge is -2.19. The van der Waals surface area contributed by atoms with Gasteiger partial charge in [0, 0.05) is 24.4 Å². The summed E-state index contributed by atoms with van der Waals surface area (Å²) in [6.07, 6.45) is 0. The number of methoxy groups -OCH3 is 1. The van der Waals surface area contributed by atoms with Crippen LogP contribution in [0.4, 0.5) is 0 Å². The maximum atomic E-state index is 5.22. The third-order valence-electron chi connectivity index (χ3n) is 2.44. The molecule has 78 valence electrons. The first-order chi connectivity index (χ1) is 6.65. The Morgan fingerprint density at radius 1 is 1.36 bits per heavy atom.